The normalized spacial score (nSPS) is 18.6. The Morgan fingerprint density at radius 1 is 1.44 bits per heavy atom. The van der Waals surface area contributed by atoms with Crippen LogP contribution >= 0.6 is 0 Å². The Kier molecular flexibility index (Phi) is 3.36. The zero-order valence-electron chi connectivity index (χ0n) is 10.8. The summed E-state index contributed by atoms with van der Waals surface area (Å²) in [6.07, 6.45) is 0.940. The molecular weight excluding hydrogens is 230 g/mol. The van der Waals surface area contributed by atoms with Crippen LogP contribution in [0, 0.1) is 0 Å². The van der Waals surface area contributed by atoms with Gasteiger partial charge in [0.25, 0.3) is 5.91 Å². The Balaban J connectivity index is 2.51. The van der Waals surface area contributed by atoms with E-state index in [4.69, 9.17) is 4.74 Å². The van der Waals surface area contributed by atoms with Crippen molar-refractivity contribution in [1.82, 2.24) is 0 Å². The third kappa shape index (κ3) is 1.98. The van der Waals surface area contributed by atoms with E-state index in [2.05, 4.69) is 0 Å². The second-order valence-electron chi connectivity index (χ2n) is 4.66. The molecule has 1 heterocycles. The first-order valence-electron chi connectivity index (χ1n) is 6.17. The molecule has 1 amide bonds. The topological polar surface area (TPSA) is 46.6 Å². The van der Waals surface area contributed by atoms with Gasteiger partial charge in [-0.2, -0.15) is 0 Å². The lowest BCUT2D eigenvalue weighted by molar-refractivity contribution is -0.126. The number of benzene rings is 1. The quantitative estimate of drug-likeness (QED) is 0.770. The predicted octanol–water partition coefficient (Wildman–Crippen LogP) is 2.41. The third-order valence-corrected chi connectivity index (χ3v) is 3.05. The van der Waals surface area contributed by atoms with Crippen molar-refractivity contribution in [3.05, 3.63) is 23.8 Å². The number of aldehydes is 1. The molecule has 0 spiro atoms. The summed E-state index contributed by atoms with van der Waals surface area (Å²) in [7, 11) is 0. The van der Waals surface area contributed by atoms with Crippen molar-refractivity contribution >= 4 is 17.9 Å². The van der Waals surface area contributed by atoms with Crippen molar-refractivity contribution in [3.8, 4) is 5.75 Å². The summed E-state index contributed by atoms with van der Waals surface area (Å²) < 4.78 is 5.67. The number of carbonyl (C=O) groups excluding carboxylic acids is 2. The molecule has 0 aromatic heterocycles. The molecule has 1 aromatic carbocycles. The molecule has 2 rings (SSSR count). The third-order valence-electron chi connectivity index (χ3n) is 3.05. The van der Waals surface area contributed by atoms with Gasteiger partial charge in [0.05, 0.1) is 5.69 Å². The van der Waals surface area contributed by atoms with Gasteiger partial charge in [-0.05, 0) is 38.5 Å². The van der Waals surface area contributed by atoms with Gasteiger partial charge < -0.3 is 9.64 Å². The van der Waals surface area contributed by atoms with E-state index in [1.807, 2.05) is 20.8 Å². The Bertz CT molecular complexity index is 482. The molecule has 0 N–H and O–H groups in total. The van der Waals surface area contributed by atoms with Gasteiger partial charge in [0.15, 0.2) is 6.10 Å². The highest BCUT2D eigenvalue weighted by molar-refractivity contribution is 6.00. The SMILES string of the molecule is CC[C@@H]1Oc2cc(C=O)ccc2N(C(C)C)C1=O. The van der Waals surface area contributed by atoms with Crippen LogP contribution in [-0.2, 0) is 4.79 Å². The Morgan fingerprint density at radius 2 is 2.17 bits per heavy atom. The van der Waals surface area contributed by atoms with Crippen LogP contribution in [0.4, 0.5) is 5.69 Å². The summed E-state index contributed by atoms with van der Waals surface area (Å²) in [6.45, 7) is 5.84. The molecule has 1 aliphatic heterocycles. The molecule has 4 heteroatoms. The summed E-state index contributed by atoms with van der Waals surface area (Å²) in [6, 6.07) is 5.22. The second-order valence-corrected chi connectivity index (χ2v) is 4.66. The number of rotatable bonds is 3. The number of amides is 1. The molecular formula is C14H17NO3. The Hall–Kier alpha value is -1.84. The lowest BCUT2D eigenvalue weighted by atomic mass is 10.1. The van der Waals surface area contributed by atoms with Crippen LogP contribution in [0.2, 0.25) is 0 Å². The van der Waals surface area contributed by atoms with Crippen LogP contribution in [0.3, 0.4) is 0 Å². The zero-order valence-corrected chi connectivity index (χ0v) is 10.8. The summed E-state index contributed by atoms with van der Waals surface area (Å²) >= 11 is 0. The van der Waals surface area contributed by atoms with E-state index in [0.717, 1.165) is 12.0 Å². The van der Waals surface area contributed by atoms with E-state index >= 15 is 0 Å². The monoisotopic (exact) mass is 247 g/mol. The Labute approximate surface area is 107 Å². The van der Waals surface area contributed by atoms with Crippen LogP contribution in [-0.4, -0.2) is 24.3 Å². The smallest absolute Gasteiger partial charge is 0.268 e. The maximum absolute atomic E-state index is 12.2. The molecule has 0 saturated heterocycles. The van der Waals surface area contributed by atoms with Crippen molar-refractivity contribution in [2.75, 3.05) is 4.90 Å². The fraction of sp³-hybridized carbons (Fsp3) is 0.429. The van der Waals surface area contributed by atoms with Crippen molar-refractivity contribution in [3.63, 3.8) is 0 Å². The summed E-state index contributed by atoms with van der Waals surface area (Å²) in [4.78, 5) is 24.8. The number of fused-ring (bicyclic) bond motifs is 1. The second kappa shape index (κ2) is 4.80. The first-order valence-corrected chi connectivity index (χ1v) is 6.17. The van der Waals surface area contributed by atoms with Crippen LogP contribution in [0.25, 0.3) is 0 Å². The maximum Gasteiger partial charge on any atom is 0.268 e. The van der Waals surface area contributed by atoms with Crippen molar-refractivity contribution in [2.45, 2.75) is 39.3 Å². The highest BCUT2D eigenvalue weighted by atomic mass is 16.5. The van der Waals surface area contributed by atoms with Gasteiger partial charge >= 0.3 is 0 Å². The summed E-state index contributed by atoms with van der Waals surface area (Å²) in [5, 5.41) is 0. The van der Waals surface area contributed by atoms with Crippen LogP contribution in [0.1, 0.15) is 37.6 Å². The molecule has 1 atom stereocenters. The summed E-state index contributed by atoms with van der Waals surface area (Å²) in [5.74, 6) is 0.596. The lowest BCUT2D eigenvalue weighted by Gasteiger charge is -2.36. The van der Waals surface area contributed by atoms with Gasteiger partial charge in [0, 0.05) is 11.6 Å². The van der Waals surface area contributed by atoms with E-state index in [1.54, 1.807) is 23.1 Å². The molecule has 4 nitrogen and oxygen atoms in total. The average Bonchev–Trinajstić information content (AvgIpc) is 2.36. The van der Waals surface area contributed by atoms with E-state index in [9.17, 15) is 9.59 Å². The van der Waals surface area contributed by atoms with Crippen LogP contribution < -0.4 is 9.64 Å². The van der Waals surface area contributed by atoms with Crippen molar-refractivity contribution in [2.24, 2.45) is 0 Å². The molecule has 0 radical (unpaired) electrons. The number of hydrogen-bond donors (Lipinski definition) is 0. The van der Waals surface area contributed by atoms with E-state index in [1.165, 1.54) is 0 Å². The zero-order chi connectivity index (χ0) is 13.3. The van der Waals surface area contributed by atoms with Gasteiger partial charge in [-0.1, -0.05) is 6.92 Å². The number of ether oxygens (including phenoxy) is 1. The minimum absolute atomic E-state index is 0.0150. The first-order chi connectivity index (χ1) is 8.58. The average molecular weight is 247 g/mol. The largest absolute Gasteiger partial charge is 0.478 e. The maximum atomic E-state index is 12.2. The molecule has 0 saturated carbocycles. The van der Waals surface area contributed by atoms with Crippen LogP contribution in [0.5, 0.6) is 5.75 Å². The van der Waals surface area contributed by atoms with E-state index in [-0.39, 0.29) is 11.9 Å². The molecule has 0 fully saturated rings. The van der Waals surface area contributed by atoms with Crippen molar-refractivity contribution in [1.29, 1.82) is 0 Å². The van der Waals surface area contributed by atoms with Gasteiger partial charge in [0.1, 0.15) is 12.0 Å². The lowest BCUT2D eigenvalue weighted by Crippen LogP contribution is -2.48. The molecule has 0 unspecified atom stereocenters. The van der Waals surface area contributed by atoms with Crippen LogP contribution in [0.15, 0.2) is 18.2 Å². The molecule has 96 valence electrons. The number of anilines is 1. The fourth-order valence-electron chi connectivity index (χ4n) is 2.17. The van der Waals surface area contributed by atoms with Crippen molar-refractivity contribution < 1.29 is 14.3 Å². The Morgan fingerprint density at radius 3 is 2.72 bits per heavy atom. The summed E-state index contributed by atoms with van der Waals surface area (Å²) in [5.41, 5.74) is 1.30. The molecule has 1 aromatic rings. The van der Waals surface area contributed by atoms with E-state index in [0.29, 0.717) is 17.7 Å². The standard InChI is InChI=1S/C14H17NO3/c1-4-12-14(17)15(9(2)3)11-6-5-10(8-16)7-13(11)18-12/h5-9,12H,4H2,1-3H3/t12-/m0/s1. The molecule has 0 bridgehead atoms. The predicted molar refractivity (Wildman–Crippen MR) is 69.2 cm³/mol. The number of nitrogens with zero attached hydrogens (tertiary/aromatic N) is 1. The molecule has 18 heavy (non-hydrogen) atoms. The number of carbonyl (C=O) groups is 2. The molecule has 0 aliphatic carbocycles. The fourth-order valence-corrected chi connectivity index (χ4v) is 2.17. The minimum atomic E-state index is -0.457. The van der Waals surface area contributed by atoms with E-state index < -0.39 is 6.10 Å². The number of hydrogen-bond acceptors (Lipinski definition) is 3. The van der Waals surface area contributed by atoms with Gasteiger partial charge in [-0.25, -0.2) is 0 Å². The highest BCUT2D eigenvalue weighted by Crippen LogP contribution is 2.36. The van der Waals surface area contributed by atoms with Gasteiger partial charge in [-0.3, -0.25) is 9.59 Å². The molecule has 1 aliphatic rings. The van der Waals surface area contributed by atoms with Gasteiger partial charge in [-0.15, -0.1) is 0 Å². The first kappa shape index (κ1) is 12.6. The van der Waals surface area contributed by atoms with Gasteiger partial charge in [0.2, 0.25) is 0 Å². The highest BCUT2D eigenvalue weighted by Gasteiger charge is 2.34. The minimum Gasteiger partial charge on any atom is -0.478 e.